The Balaban J connectivity index is 2.65. The zero-order chi connectivity index (χ0) is 10.8. The number of hydrogen-bond donors (Lipinski definition) is 0. The summed E-state index contributed by atoms with van der Waals surface area (Å²) in [6.07, 6.45) is 0. The Morgan fingerprint density at radius 2 is 2.20 bits per heavy atom. The first-order valence-corrected chi connectivity index (χ1v) is 4.31. The van der Waals surface area contributed by atoms with Crippen molar-refractivity contribution in [3.63, 3.8) is 0 Å². The van der Waals surface area contributed by atoms with E-state index in [1.807, 2.05) is 6.92 Å². The standard InChI is InChI=1S/C8H7N4O3/c1-2-9-5-3-4-6(12(13)14)8-7(5)10-15-11-8/h3-4H,2H2,1H3/q-1. The molecular weight excluding hydrogens is 200 g/mol. The van der Waals surface area contributed by atoms with Crippen LogP contribution >= 0.6 is 0 Å². The molecular formula is C8H7N4O3-. The molecule has 0 aliphatic carbocycles. The van der Waals surface area contributed by atoms with Crippen molar-refractivity contribution in [3.05, 3.63) is 27.6 Å². The zero-order valence-corrected chi connectivity index (χ0v) is 7.88. The van der Waals surface area contributed by atoms with Crippen molar-refractivity contribution in [2.75, 3.05) is 6.54 Å². The molecule has 0 saturated heterocycles. The molecule has 1 aromatic carbocycles. The van der Waals surface area contributed by atoms with Gasteiger partial charge < -0.3 is 5.32 Å². The van der Waals surface area contributed by atoms with Crippen LogP contribution in [-0.2, 0) is 0 Å². The summed E-state index contributed by atoms with van der Waals surface area (Å²) in [6, 6.07) is 2.88. The minimum atomic E-state index is -0.526. The number of nitro benzene ring substituents is 1. The number of hydrogen-bond acceptors (Lipinski definition) is 5. The van der Waals surface area contributed by atoms with Crippen LogP contribution in [-0.4, -0.2) is 21.8 Å². The van der Waals surface area contributed by atoms with Gasteiger partial charge >= 0.3 is 5.69 Å². The van der Waals surface area contributed by atoms with Crippen LogP contribution in [0.5, 0.6) is 0 Å². The van der Waals surface area contributed by atoms with Gasteiger partial charge in [0.05, 0.1) is 4.92 Å². The Hall–Kier alpha value is -2.18. The predicted octanol–water partition coefficient (Wildman–Crippen LogP) is 2.16. The fourth-order valence-electron chi connectivity index (χ4n) is 1.29. The van der Waals surface area contributed by atoms with Crippen LogP contribution in [0.2, 0.25) is 0 Å². The van der Waals surface area contributed by atoms with Gasteiger partial charge in [0.25, 0.3) is 0 Å². The fraction of sp³-hybridized carbons (Fsp3) is 0.250. The molecule has 1 heterocycles. The summed E-state index contributed by atoms with van der Waals surface area (Å²) >= 11 is 0. The Labute approximate surface area is 84.2 Å². The second kappa shape index (κ2) is 3.52. The molecule has 0 fully saturated rings. The molecule has 15 heavy (non-hydrogen) atoms. The molecule has 0 aliphatic rings. The highest BCUT2D eigenvalue weighted by Gasteiger charge is 2.16. The first-order valence-electron chi connectivity index (χ1n) is 4.31. The Kier molecular flexibility index (Phi) is 2.20. The van der Waals surface area contributed by atoms with E-state index in [9.17, 15) is 10.1 Å². The average molecular weight is 207 g/mol. The second-order valence-electron chi connectivity index (χ2n) is 2.80. The number of fused-ring (bicyclic) bond motifs is 1. The van der Waals surface area contributed by atoms with Crippen molar-refractivity contribution in [2.24, 2.45) is 0 Å². The lowest BCUT2D eigenvalue weighted by Gasteiger charge is -2.16. The van der Waals surface area contributed by atoms with E-state index in [-0.39, 0.29) is 11.2 Å². The summed E-state index contributed by atoms with van der Waals surface area (Å²) in [7, 11) is 0. The van der Waals surface area contributed by atoms with Crippen LogP contribution < -0.4 is 0 Å². The van der Waals surface area contributed by atoms with Crippen molar-refractivity contribution in [1.82, 2.24) is 10.3 Å². The molecule has 0 spiro atoms. The Morgan fingerprint density at radius 1 is 1.47 bits per heavy atom. The van der Waals surface area contributed by atoms with Crippen molar-refractivity contribution >= 4 is 22.4 Å². The molecule has 0 amide bonds. The minimum Gasteiger partial charge on any atom is -0.683 e. The highest BCUT2D eigenvalue weighted by molar-refractivity contribution is 5.94. The van der Waals surface area contributed by atoms with Gasteiger partial charge in [-0.05, 0) is 5.16 Å². The van der Waals surface area contributed by atoms with Gasteiger partial charge in [-0.15, -0.1) is 12.2 Å². The predicted molar refractivity (Wildman–Crippen MR) is 52.0 cm³/mol. The van der Waals surface area contributed by atoms with Gasteiger partial charge in [-0.1, -0.05) is 18.1 Å². The SMILES string of the molecule is CC[N-]c1ccc([N+](=O)[O-])c2nonc12. The number of non-ortho nitro benzene ring substituents is 1. The topological polar surface area (TPSA) is 96.2 Å². The van der Waals surface area contributed by atoms with Gasteiger partial charge in [-0.3, -0.25) is 10.1 Å². The summed E-state index contributed by atoms with van der Waals surface area (Å²) < 4.78 is 4.48. The molecule has 2 rings (SSSR count). The molecule has 7 heteroatoms. The maximum absolute atomic E-state index is 10.6. The van der Waals surface area contributed by atoms with Gasteiger partial charge in [0.15, 0.2) is 0 Å². The second-order valence-corrected chi connectivity index (χ2v) is 2.80. The molecule has 1 aromatic heterocycles. The lowest BCUT2D eigenvalue weighted by Crippen LogP contribution is -1.89. The number of benzene rings is 1. The van der Waals surface area contributed by atoms with E-state index in [1.165, 1.54) is 12.1 Å². The van der Waals surface area contributed by atoms with Crippen molar-refractivity contribution in [1.29, 1.82) is 0 Å². The lowest BCUT2D eigenvalue weighted by atomic mass is 10.2. The number of aromatic nitrogens is 2. The summed E-state index contributed by atoms with van der Waals surface area (Å²) in [6.45, 7) is 2.43. The molecule has 0 radical (unpaired) electrons. The molecule has 0 unspecified atom stereocenters. The molecule has 0 bridgehead atoms. The largest absolute Gasteiger partial charge is 0.683 e. The van der Waals surface area contributed by atoms with E-state index in [4.69, 9.17) is 0 Å². The molecule has 0 saturated carbocycles. The summed E-state index contributed by atoms with van der Waals surface area (Å²) in [5.74, 6) is 0. The highest BCUT2D eigenvalue weighted by Crippen LogP contribution is 2.32. The summed E-state index contributed by atoms with van der Waals surface area (Å²) in [4.78, 5) is 10.1. The van der Waals surface area contributed by atoms with Crippen molar-refractivity contribution in [3.8, 4) is 0 Å². The quantitative estimate of drug-likeness (QED) is 0.567. The molecule has 0 N–H and O–H groups in total. The zero-order valence-electron chi connectivity index (χ0n) is 7.88. The third-order valence-electron chi connectivity index (χ3n) is 1.90. The maximum Gasteiger partial charge on any atom is 0.300 e. The molecule has 2 aromatic rings. The van der Waals surface area contributed by atoms with Crippen LogP contribution in [0.25, 0.3) is 16.4 Å². The van der Waals surface area contributed by atoms with E-state index >= 15 is 0 Å². The molecule has 0 atom stereocenters. The van der Waals surface area contributed by atoms with E-state index in [1.54, 1.807) is 0 Å². The first-order chi connectivity index (χ1) is 7.24. The normalized spacial score (nSPS) is 10.5. The van der Waals surface area contributed by atoms with Gasteiger partial charge in [-0.2, -0.15) is 0 Å². The third-order valence-corrected chi connectivity index (χ3v) is 1.90. The Morgan fingerprint density at radius 3 is 2.87 bits per heavy atom. The monoisotopic (exact) mass is 207 g/mol. The van der Waals surface area contributed by atoms with E-state index in [0.29, 0.717) is 17.7 Å². The highest BCUT2D eigenvalue weighted by atomic mass is 16.6. The smallest absolute Gasteiger partial charge is 0.300 e. The van der Waals surface area contributed by atoms with Crippen LogP contribution in [0.15, 0.2) is 16.8 Å². The van der Waals surface area contributed by atoms with Gasteiger partial charge in [0, 0.05) is 6.07 Å². The third kappa shape index (κ3) is 1.47. The number of rotatable bonds is 3. The summed E-state index contributed by atoms with van der Waals surface area (Å²) in [5.41, 5.74) is 0.890. The minimum absolute atomic E-state index is 0.124. The van der Waals surface area contributed by atoms with Gasteiger partial charge in [0.2, 0.25) is 5.52 Å². The van der Waals surface area contributed by atoms with E-state index < -0.39 is 4.92 Å². The van der Waals surface area contributed by atoms with Gasteiger partial charge in [-0.25, -0.2) is 4.63 Å². The number of nitrogens with zero attached hydrogens (tertiary/aromatic N) is 4. The molecule has 0 aliphatic heterocycles. The Bertz CT molecular complexity index is 508. The fourth-order valence-corrected chi connectivity index (χ4v) is 1.29. The van der Waals surface area contributed by atoms with Crippen molar-refractivity contribution < 1.29 is 9.55 Å². The van der Waals surface area contributed by atoms with E-state index in [0.717, 1.165) is 0 Å². The van der Waals surface area contributed by atoms with Crippen LogP contribution in [0.3, 0.4) is 0 Å². The lowest BCUT2D eigenvalue weighted by molar-refractivity contribution is -0.383. The first kappa shape index (κ1) is 9.38. The van der Waals surface area contributed by atoms with Gasteiger partial charge in [0.1, 0.15) is 5.52 Å². The number of nitro groups is 1. The van der Waals surface area contributed by atoms with Crippen LogP contribution in [0.1, 0.15) is 6.92 Å². The van der Waals surface area contributed by atoms with Crippen molar-refractivity contribution in [2.45, 2.75) is 6.92 Å². The maximum atomic E-state index is 10.6. The van der Waals surface area contributed by atoms with E-state index in [2.05, 4.69) is 20.3 Å². The summed E-state index contributed by atoms with van der Waals surface area (Å²) in [5, 5.41) is 21.9. The average Bonchev–Trinajstić information content (AvgIpc) is 2.66. The molecule has 7 nitrogen and oxygen atoms in total. The van der Waals surface area contributed by atoms with Crippen LogP contribution in [0.4, 0.5) is 11.4 Å². The molecule has 78 valence electrons. The van der Waals surface area contributed by atoms with Crippen LogP contribution in [0, 0.1) is 10.1 Å².